The summed E-state index contributed by atoms with van der Waals surface area (Å²) in [5.74, 6) is 0. The van der Waals surface area contributed by atoms with Gasteiger partial charge in [-0.05, 0) is 24.7 Å². The van der Waals surface area contributed by atoms with Crippen molar-refractivity contribution < 1.29 is 17.7 Å². The highest BCUT2D eigenvalue weighted by atomic mass is 32.2. The molecule has 0 radical (unpaired) electrons. The lowest BCUT2D eigenvalue weighted by atomic mass is 10.3. The Labute approximate surface area is 116 Å². The summed E-state index contributed by atoms with van der Waals surface area (Å²) in [6.07, 6.45) is -0.608. The van der Waals surface area contributed by atoms with Crippen molar-refractivity contribution in [2.75, 3.05) is 6.54 Å². The summed E-state index contributed by atoms with van der Waals surface area (Å²) in [7, 11) is 0. The fraction of sp³-hybridized carbons (Fsp3) is 0.273. The van der Waals surface area contributed by atoms with E-state index >= 15 is 0 Å². The number of aromatic nitrogens is 1. The lowest BCUT2D eigenvalue weighted by Crippen LogP contribution is -2.07. The molecule has 1 unspecified atom stereocenters. The van der Waals surface area contributed by atoms with E-state index in [-0.39, 0.29) is 4.90 Å². The summed E-state index contributed by atoms with van der Waals surface area (Å²) in [6.45, 7) is 0.401. The summed E-state index contributed by atoms with van der Waals surface area (Å²) < 4.78 is 49.0. The van der Waals surface area contributed by atoms with Crippen molar-refractivity contribution in [3.63, 3.8) is 0 Å². The van der Waals surface area contributed by atoms with Crippen molar-refractivity contribution >= 4 is 28.6 Å². The fourth-order valence-corrected chi connectivity index (χ4v) is 2.07. The van der Waals surface area contributed by atoms with E-state index in [4.69, 9.17) is 0 Å². The highest BCUT2D eigenvalue weighted by Gasteiger charge is 2.32. The Balaban J connectivity index is 2.72. The van der Waals surface area contributed by atoms with Crippen molar-refractivity contribution in [1.29, 1.82) is 0 Å². The number of hydrogen-bond acceptors (Lipinski definition) is 4. The molecular weight excluding hydrogens is 297 g/mol. The zero-order valence-corrected chi connectivity index (χ0v) is 11.2. The van der Waals surface area contributed by atoms with E-state index in [1.54, 1.807) is 6.08 Å². The number of hydrogen-bond donors (Lipinski definition) is 0. The molecule has 1 atom stereocenters. The Kier molecular flexibility index (Phi) is 6.17. The molecule has 0 bridgehead atoms. The summed E-state index contributed by atoms with van der Waals surface area (Å²) in [6, 6.07) is 0.822. The normalized spacial score (nSPS) is 13.3. The minimum absolute atomic E-state index is 0.00408. The van der Waals surface area contributed by atoms with E-state index in [1.807, 2.05) is 0 Å². The van der Waals surface area contributed by atoms with Gasteiger partial charge in [0, 0.05) is 23.4 Å². The Bertz CT molecular complexity index is 499. The molecule has 0 aromatic carbocycles. The van der Waals surface area contributed by atoms with Crippen LogP contribution in [0.15, 0.2) is 39.8 Å². The van der Waals surface area contributed by atoms with Gasteiger partial charge in [-0.3, -0.25) is 4.98 Å². The SMILES string of the molecule is [O-][S+](C=CCCN=C=S)c1cncc(C(F)(F)F)c1. The van der Waals surface area contributed by atoms with Gasteiger partial charge in [0.15, 0.2) is 4.90 Å². The molecule has 0 aliphatic heterocycles. The molecule has 0 aliphatic carbocycles. The minimum Gasteiger partial charge on any atom is -0.607 e. The van der Waals surface area contributed by atoms with Crippen molar-refractivity contribution in [3.8, 4) is 0 Å². The van der Waals surface area contributed by atoms with Crippen molar-refractivity contribution in [1.82, 2.24) is 4.98 Å². The van der Waals surface area contributed by atoms with Gasteiger partial charge >= 0.3 is 6.18 Å². The highest BCUT2D eigenvalue weighted by Crippen LogP contribution is 2.30. The molecule has 0 saturated carbocycles. The zero-order chi connectivity index (χ0) is 14.3. The van der Waals surface area contributed by atoms with Crippen LogP contribution < -0.4 is 0 Å². The van der Waals surface area contributed by atoms with E-state index in [9.17, 15) is 17.7 Å². The summed E-state index contributed by atoms with van der Waals surface area (Å²) in [4.78, 5) is 7.09. The van der Waals surface area contributed by atoms with Gasteiger partial charge < -0.3 is 4.55 Å². The van der Waals surface area contributed by atoms with Crippen LogP contribution in [0.25, 0.3) is 0 Å². The molecule has 1 aromatic rings. The van der Waals surface area contributed by atoms with Gasteiger partial charge in [-0.2, -0.15) is 13.2 Å². The summed E-state index contributed by atoms with van der Waals surface area (Å²) in [5.41, 5.74) is -0.919. The maximum atomic E-state index is 12.4. The molecule has 1 aromatic heterocycles. The van der Waals surface area contributed by atoms with Gasteiger partial charge in [0.2, 0.25) is 0 Å². The first-order valence-electron chi connectivity index (χ1n) is 5.08. The number of halogens is 3. The van der Waals surface area contributed by atoms with Gasteiger partial charge in [0.25, 0.3) is 0 Å². The second kappa shape index (κ2) is 7.40. The Morgan fingerprint density at radius 1 is 1.47 bits per heavy atom. The van der Waals surface area contributed by atoms with Crippen LogP contribution in [0, 0.1) is 0 Å². The molecule has 0 aliphatic rings. The average molecular weight is 306 g/mol. The number of isothiocyanates is 1. The topological polar surface area (TPSA) is 48.3 Å². The smallest absolute Gasteiger partial charge is 0.418 e. The second-order valence-electron chi connectivity index (χ2n) is 3.34. The zero-order valence-electron chi connectivity index (χ0n) is 9.55. The molecule has 102 valence electrons. The number of alkyl halides is 3. The maximum absolute atomic E-state index is 12.4. The molecule has 3 nitrogen and oxygen atoms in total. The molecule has 19 heavy (non-hydrogen) atoms. The third-order valence-corrected chi connectivity index (χ3v) is 3.22. The van der Waals surface area contributed by atoms with Crippen molar-refractivity contribution in [2.24, 2.45) is 4.99 Å². The van der Waals surface area contributed by atoms with Gasteiger partial charge in [-0.15, -0.1) is 0 Å². The van der Waals surface area contributed by atoms with Crippen LogP contribution in [0.3, 0.4) is 0 Å². The lowest BCUT2D eigenvalue weighted by Gasteiger charge is -2.08. The Morgan fingerprint density at radius 2 is 2.21 bits per heavy atom. The van der Waals surface area contributed by atoms with E-state index in [1.165, 1.54) is 5.41 Å². The summed E-state index contributed by atoms with van der Waals surface area (Å²) >= 11 is 2.70. The number of aliphatic imine (C=N–C) groups is 1. The van der Waals surface area contributed by atoms with Gasteiger partial charge in [-0.25, -0.2) is 4.99 Å². The lowest BCUT2D eigenvalue weighted by molar-refractivity contribution is -0.138. The van der Waals surface area contributed by atoms with Crippen LogP contribution in [0.2, 0.25) is 0 Å². The monoisotopic (exact) mass is 306 g/mol. The predicted octanol–water partition coefficient (Wildman–Crippen LogP) is 3.21. The average Bonchev–Trinajstić information content (AvgIpc) is 2.37. The standard InChI is InChI=1S/C11H9F3N2OS2/c12-11(13,14)9-5-10(7-16-6-9)19(17)4-2-1-3-15-8-18/h2,4-7H,1,3H2. The van der Waals surface area contributed by atoms with Crippen LogP contribution in [0.5, 0.6) is 0 Å². The van der Waals surface area contributed by atoms with Crippen molar-refractivity contribution in [3.05, 3.63) is 35.5 Å². The van der Waals surface area contributed by atoms with E-state index in [0.717, 1.165) is 12.3 Å². The number of thiocarbonyl (C=S) groups is 1. The third kappa shape index (κ3) is 5.52. The first kappa shape index (κ1) is 15.8. The van der Waals surface area contributed by atoms with E-state index in [2.05, 4.69) is 27.4 Å². The number of rotatable bonds is 5. The Hall–Kier alpha value is -1.21. The molecule has 0 spiro atoms. The fourth-order valence-electron chi connectivity index (χ4n) is 1.10. The molecule has 1 rings (SSSR count). The first-order chi connectivity index (χ1) is 8.95. The first-order valence-corrected chi connectivity index (χ1v) is 6.70. The van der Waals surface area contributed by atoms with Gasteiger partial charge in [0.1, 0.15) is 5.41 Å². The maximum Gasteiger partial charge on any atom is 0.418 e. The van der Waals surface area contributed by atoms with Crippen LogP contribution in [0.4, 0.5) is 13.2 Å². The Morgan fingerprint density at radius 3 is 2.84 bits per heavy atom. The number of pyridine rings is 1. The highest BCUT2D eigenvalue weighted by molar-refractivity contribution is 7.94. The third-order valence-electron chi connectivity index (χ3n) is 1.96. The molecule has 1 heterocycles. The van der Waals surface area contributed by atoms with Crippen LogP contribution in [0.1, 0.15) is 12.0 Å². The van der Waals surface area contributed by atoms with Crippen LogP contribution >= 0.6 is 12.2 Å². The minimum atomic E-state index is -4.50. The molecule has 0 saturated heterocycles. The summed E-state index contributed by atoms with van der Waals surface area (Å²) in [5, 5.41) is 3.48. The predicted molar refractivity (Wildman–Crippen MR) is 69.3 cm³/mol. The second-order valence-corrected chi connectivity index (χ2v) is 4.86. The number of nitrogens with zero attached hydrogens (tertiary/aromatic N) is 2. The molecule has 0 N–H and O–H groups in total. The van der Waals surface area contributed by atoms with Gasteiger partial charge in [-0.1, -0.05) is 0 Å². The quantitative estimate of drug-likeness (QED) is 0.363. The molecule has 0 fully saturated rings. The molecule has 8 heteroatoms. The largest absolute Gasteiger partial charge is 0.607 e. The van der Waals surface area contributed by atoms with E-state index in [0.29, 0.717) is 19.2 Å². The van der Waals surface area contributed by atoms with Crippen LogP contribution in [-0.4, -0.2) is 21.2 Å². The molecule has 0 amide bonds. The van der Waals surface area contributed by atoms with E-state index < -0.39 is 22.9 Å². The van der Waals surface area contributed by atoms with Gasteiger partial charge in [0.05, 0.1) is 23.5 Å². The van der Waals surface area contributed by atoms with Crippen LogP contribution in [-0.2, 0) is 17.4 Å². The molecular formula is C11H9F3N2OS2. The van der Waals surface area contributed by atoms with Crippen molar-refractivity contribution in [2.45, 2.75) is 17.5 Å².